The van der Waals surface area contributed by atoms with Crippen molar-refractivity contribution >= 4 is 17.6 Å². The number of hydrogen-bond acceptors (Lipinski definition) is 5. The molecule has 170 valence electrons. The van der Waals surface area contributed by atoms with Crippen LogP contribution in [-0.2, 0) is 4.79 Å². The van der Waals surface area contributed by atoms with E-state index in [0.717, 1.165) is 77.3 Å². The first-order chi connectivity index (χ1) is 15.2. The van der Waals surface area contributed by atoms with Crippen LogP contribution < -0.4 is 15.5 Å². The third kappa shape index (κ3) is 6.19. The molecule has 2 amide bonds. The zero-order valence-corrected chi connectivity index (χ0v) is 18.7. The number of carbonyl (C=O) groups excluding carboxylic acids is 2. The number of amides is 2. The van der Waals surface area contributed by atoms with Gasteiger partial charge in [-0.15, -0.1) is 0 Å². The largest absolute Gasteiger partial charge is 0.357 e. The Labute approximate surface area is 186 Å². The van der Waals surface area contributed by atoms with Crippen LogP contribution in [0.25, 0.3) is 0 Å². The van der Waals surface area contributed by atoms with E-state index >= 15 is 0 Å². The quantitative estimate of drug-likeness (QED) is 0.666. The van der Waals surface area contributed by atoms with Crippen molar-refractivity contribution in [1.82, 2.24) is 20.5 Å². The van der Waals surface area contributed by atoms with E-state index in [1.54, 1.807) is 12.3 Å². The summed E-state index contributed by atoms with van der Waals surface area (Å²) in [6.45, 7) is 6.53. The average molecular weight is 428 g/mol. The number of likely N-dealkylation sites (tertiary alicyclic amines) is 1. The second kappa shape index (κ2) is 10.9. The number of anilines is 1. The van der Waals surface area contributed by atoms with Crippen molar-refractivity contribution in [3.8, 4) is 0 Å². The van der Waals surface area contributed by atoms with Gasteiger partial charge in [0.2, 0.25) is 5.91 Å². The predicted molar refractivity (Wildman–Crippen MR) is 122 cm³/mol. The molecule has 0 aromatic carbocycles. The summed E-state index contributed by atoms with van der Waals surface area (Å²) in [6, 6.07) is 3.72. The van der Waals surface area contributed by atoms with Crippen LogP contribution in [-0.4, -0.2) is 67.5 Å². The predicted octanol–water partition coefficient (Wildman–Crippen LogP) is 2.43. The van der Waals surface area contributed by atoms with Crippen molar-refractivity contribution in [3.05, 3.63) is 23.9 Å². The van der Waals surface area contributed by atoms with Crippen LogP contribution in [0.4, 0.5) is 5.82 Å². The van der Waals surface area contributed by atoms with Crippen LogP contribution in [0.1, 0.15) is 61.7 Å². The van der Waals surface area contributed by atoms with Crippen LogP contribution in [0, 0.1) is 11.8 Å². The van der Waals surface area contributed by atoms with E-state index in [4.69, 9.17) is 0 Å². The number of aromatic nitrogens is 1. The van der Waals surface area contributed by atoms with Gasteiger partial charge in [-0.1, -0.05) is 12.8 Å². The fourth-order valence-electron chi connectivity index (χ4n) is 5.10. The Balaban J connectivity index is 1.13. The summed E-state index contributed by atoms with van der Waals surface area (Å²) < 4.78 is 0. The first-order valence-electron chi connectivity index (χ1n) is 12.2. The summed E-state index contributed by atoms with van der Waals surface area (Å²) in [5.74, 6) is 1.94. The minimum Gasteiger partial charge on any atom is -0.357 e. The highest BCUT2D eigenvalue weighted by atomic mass is 16.2. The van der Waals surface area contributed by atoms with Gasteiger partial charge in [-0.05, 0) is 69.7 Å². The number of nitrogens with one attached hydrogen (secondary N) is 2. The Morgan fingerprint density at radius 3 is 2.45 bits per heavy atom. The van der Waals surface area contributed by atoms with Crippen molar-refractivity contribution in [3.63, 3.8) is 0 Å². The van der Waals surface area contributed by atoms with Crippen LogP contribution in [0.3, 0.4) is 0 Å². The number of carbonyl (C=O) groups is 2. The summed E-state index contributed by atoms with van der Waals surface area (Å²) in [4.78, 5) is 33.9. The lowest BCUT2D eigenvalue weighted by atomic mass is 9.96. The van der Waals surface area contributed by atoms with Gasteiger partial charge in [0.25, 0.3) is 5.91 Å². The number of rotatable bonds is 8. The van der Waals surface area contributed by atoms with Crippen LogP contribution >= 0.6 is 0 Å². The molecule has 7 nitrogen and oxygen atoms in total. The summed E-state index contributed by atoms with van der Waals surface area (Å²) >= 11 is 0. The van der Waals surface area contributed by atoms with Crippen molar-refractivity contribution in [2.45, 2.75) is 51.4 Å². The molecule has 1 saturated carbocycles. The molecule has 0 atom stereocenters. The Morgan fingerprint density at radius 1 is 0.968 bits per heavy atom. The summed E-state index contributed by atoms with van der Waals surface area (Å²) in [5.41, 5.74) is 0.701. The summed E-state index contributed by atoms with van der Waals surface area (Å²) in [6.07, 6.45) is 10.8. The second-order valence-electron chi connectivity index (χ2n) is 9.36. The Bertz CT molecular complexity index is 735. The zero-order valence-electron chi connectivity index (χ0n) is 18.7. The van der Waals surface area contributed by atoms with E-state index in [0.29, 0.717) is 11.5 Å². The molecule has 0 unspecified atom stereocenters. The fraction of sp³-hybridized carbons (Fsp3) is 0.708. The maximum atomic E-state index is 12.6. The van der Waals surface area contributed by atoms with E-state index in [-0.39, 0.29) is 17.7 Å². The molecule has 3 fully saturated rings. The molecule has 0 radical (unpaired) electrons. The van der Waals surface area contributed by atoms with E-state index in [9.17, 15) is 9.59 Å². The molecule has 0 spiro atoms. The number of piperidine rings is 1. The Kier molecular flexibility index (Phi) is 7.78. The minimum absolute atomic E-state index is 0.0000911. The Morgan fingerprint density at radius 2 is 1.71 bits per heavy atom. The van der Waals surface area contributed by atoms with Crippen molar-refractivity contribution in [2.75, 3.05) is 50.7 Å². The first-order valence-corrected chi connectivity index (χ1v) is 12.2. The van der Waals surface area contributed by atoms with Gasteiger partial charge in [-0.25, -0.2) is 4.98 Å². The molecule has 7 heteroatoms. The van der Waals surface area contributed by atoms with Gasteiger partial charge < -0.3 is 20.4 Å². The van der Waals surface area contributed by atoms with E-state index < -0.39 is 0 Å². The van der Waals surface area contributed by atoms with Crippen LogP contribution in [0.5, 0.6) is 0 Å². The Hall–Kier alpha value is -2.15. The van der Waals surface area contributed by atoms with Gasteiger partial charge in [0, 0.05) is 50.4 Å². The third-order valence-electron chi connectivity index (χ3n) is 7.15. The van der Waals surface area contributed by atoms with Crippen LogP contribution in [0.2, 0.25) is 0 Å². The smallest absolute Gasteiger partial charge is 0.251 e. The molecule has 1 aromatic rings. The van der Waals surface area contributed by atoms with Crippen LogP contribution in [0.15, 0.2) is 18.3 Å². The van der Waals surface area contributed by atoms with Gasteiger partial charge in [0.1, 0.15) is 5.82 Å². The van der Waals surface area contributed by atoms with E-state index in [2.05, 4.69) is 25.4 Å². The standard InChI is InChI=1S/C24H37N5O2/c30-23(20-5-1-2-6-20)26-11-16-28-14-8-19(9-15-28)18-27-24(31)21-7-10-25-22(17-21)29-12-3-4-13-29/h7,10,17,19-20H,1-6,8-9,11-16,18H2,(H,26,30)(H,27,31). The van der Waals surface area contributed by atoms with Crippen molar-refractivity contribution in [1.29, 1.82) is 0 Å². The molecule has 3 aliphatic rings. The first kappa shape index (κ1) is 22.1. The number of pyridine rings is 1. The normalized spacial score (nSPS) is 20.8. The van der Waals surface area contributed by atoms with Crippen molar-refractivity contribution < 1.29 is 9.59 Å². The lowest BCUT2D eigenvalue weighted by Gasteiger charge is -2.32. The molecule has 0 bridgehead atoms. The molecule has 4 rings (SSSR count). The molecule has 2 N–H and O–H groups in total. The van der Waals surface area contributed by atoms with Gasteiger partial charge in [0.05, 0.1) is 0 Å². The minimum atomic E-state index is -0.0000911. The van der Waals surface area contributed by atoms with Gasteiger partial charge in [-0.3, -0.25) is 9.59 Å². The maximum absolute atomic E-state index is 12.6. The number of hydrogen-bond donors (Lipinski definition) is 2. The fourth-order valence-corrected chi connectivity index (χ4v) is 5.10. The molecular weight excluding hydrogens is 390 g/mol. The van der Waals surface area contributed by atoms with E-state index in [1.807, 2.05) is 6.07 Å². The van der Waals surface area contributed by atoms with Gasteiger partial charge >= 0.3 is 0 Å². The topological polar surface area (TPSA) is 77.6 Å². The molecule has 1 aromatic heterocycles. The highest BCUT2D eigenvalue weighted by Crippen LogP contribution is 2.24. The van der Waals surface area contributed by atoms with Crippen molar-refractivity contribution in [2.24, 2.45) is 11.8 Å². The third-order valence-corrected chi connectivity index (χ3v) is 7.15. The highest BCUT2D eigenvalue weighted by molar-refractivity contribution is 5.94. The monoisotopic (exact) mass is 427 g/mol. The zero-order chi connectivity index (χ0) is 21.5. The lowest BCUT2D eigenvalue weighted by molar-refractivity contribution is -0.124. The maximum Gasteiger partial charge on any atom is 0.251 e. The summed E-state index contributed by atoms with van der Waals surface area (Å²) in [7, 11) is 0. The lowest BCUT2D eigenvalue weighted by Crippen LogP contribution is -2.42. The molecule has 3 heterocycles. The average Bonchev–Trinajstić information content (AvgIpc) is 3.53. The molecule has 1 aliphatic carbocycles. The molecular formula is C24H37N5O2. The molecule has 2 saturated heterocycles. The second-order valence-corrected chi connectivity index (χ2v) is 9.36. The van der Waals surface area contributed by atoms with E-state index in [1.165, 1.54) is 25.7 Å². The SMILES string of the molecule is O=C(NCC1CCN(CCNC(=O)C2CCCC2)CC1)c1ccnc(N2CCCC2)c1. The highest BCUT2D eigenvalue weighted by Gasteiger charge is 2.23. The summed E-state index contributed by atoms with van der Waals surface area (Å²) in [5, 5.41) is 6.25. The van der Waals surface area contributed by atoms with Gasteiger partial charge in [-0.2, -0.15) is 0 Å². The molecule has 31 heavy (non-hydrogen) atoms. The van der Waals surface area contributed by atoms with Gasteiger partial charge in [0.15, 0.2) is 0 Å². The number of nitrogens with zero attached hydrogens (tertiary/aromatic N) is 3. The molecule has 2 aliphatic heterocycles.